The topological polar surface area (TPSA) is 66.0 Å². The monoisotopic (exact) mass is 229 g/mol. The van der Waals surface area contributed by atoms with Crippen molar-refractivity contribution in [2.24, 2.45) is 5.10 Å². The first-order valence-electron chi connectivity index (χ1n) is 5.41. The standard InChI is InChI=1S/C12H15N5/c1-8-7-9(2)15-12(14-8)17-16-10(3)11-5-4-6-13-11/h4-7,13H,1-3H3,(H,14,15,17). The molecule has 5 nitrogen and oxygen atoms in total. The van der Waals surface area contributed by atoms with Crippen LogP contribution in [0.3, 0.4) is 0 Å². The molecule has 2 N–H and O–H groups in total. The maximum atomic E-state index is 4.25. The number of aromatic nitrogens is 3. The maximum Gasteiger partial charge on any atom is 0.243 e. The van der Waals surface area contributed by atoms with Gasteiger partial charge in [0.15, 0.2) is 0 Å². The minimum atomic E-state index is 0.522. The molecule has 0 aliphatic rings. The number of nitrogens with zero attached hydrogens (tertiary/aromatic N) is 3. The highest BCUT2D eigenvalue weighted by molar-refractivity contribution is 5.97. The molecule has 2 rings (SSSR count). The summed E-state index contributed by atoms with van der Waals surface area (Å²) in [6.07, 6.45) is 1.86. The molecule has 0 fully saturated rings. The Kier molecular flexibility index (Phi) is 3.18. The van der Waals surface area contributed by atoms with Crippen molar-refractivity contribution < 1.29 is 0 Å². The third-order valence-corrected chi connectivity index (χ3v) is 2.29. The van der Waals surface area contributed by atoms with E-state index in [9.17, 15) is 0 Å². The molecule has 0 spiro atoms. The van der Waals surface area contributed by atoms with E-state index in [2.05, 4.69) is 25.5 Å². The number of hydrogen-bond acceptors (Lipinski definition) is 4. The molecule has 0 unspecified atom stereocenters. The van der Waals surface area contributed by atoms with Crippen molar-refractivity contribution in [3.8, 4) is 0 Å². The molecule has 0 atom stereocenters. The summed E-state index contributed by atoms with van der Waals surface area (Å²) in [6.45, 7) is 5.78. The Morgan fingerprint density at radius 2 is 2.00 bits per heavy atom. The second-order valence-electron chi connectivity index (χ2n) is 3.87. The molecule has 2 heterocycles. The van der Waals surface area contributed by atoms with Gasteiger partial charge in [-0.25, -0.2) is 15.4 Å². The molecule has 0 saturated heterocycles. The Morgan fingerprint density at radius 1 is 1.29 bits per heavy atom. The molecule has 0 bridgehead atoms. The molecule has 88 valence electrons. The van der Waals surface area contributed by atoms with Crippen molar-refractivity contribution in [3.05, 3.63) is 41.5 Å². The maximum absolute atomic E-state index is 4.25. The average molecular weight is 229 g/mol. The SMILES string of the molecule is CC(=NNc1nc(C)cc(C)n1)c1ccc[nH]1. The van der Waals surface area contributed by atoms with Crippen LogP contribution in [0, 0.1) is 13.8 Å². The molecular formula is C12H15N5. The van der Waals surface area contributed by atoms with Crippen molar-refractivity contribution in [1.82, 2.24) is 15.0 Å². The molecule has 0 aliphatic heterocycles. The molecule has 0 amide bonds. The van der Waals surface area contributed by atoms with Gasteiger partial charge < -0.3 is 4.98 Å². The Labute approximate surface area is 100 Å². The van der Waals surface area contributed by atoms with E-state index in [-0.39, 0.29) is 0 Å². The summed E-state index contributed by atoms with van der Waals surface area (Å²) < 4.78 is 0. The Balaban J connectivity index is 2.14. The highest BCUT2D eigenvalue weighted by Crippen LogP contribution is 2.04. The molecule has 2 aromatic rings. The van der Waals surface area contributed by atoms with Gasteiger partial charge in [-0.15, -0.1) is 0 Å². The summed E-state index contributed by atoms with van der Waals surface area (Å²) in [7, 11) is 0. The zero-order valence-corrected chi connectivity index (χ0v) is 10.2. The number of nitrogens with one attached hydrogen (secondary N) is 2. The van der Waals surface area contributed by atoms with Gasteiger partial charge in [-0.1, -0.05) is 0 Å². The normalized spacial score (nSPS) is 11.6. The zero-order chi connectivity index (χ0) is 12.3. The lowest BCUT2D eigenvalue weighted by atomic mass is 10.3. The fraction of sp³-hybridized carbons (Fsp3) is 0.250. The Bertz CT molecular complexity index is 508. The van der Waals surface area contributed by atoms with Crippen LogP contribution in [0.2, 0.25) is 0 Å². The van der Waals surface area contributed by atoms with Crippen LogP contribution in [0.25, 0.3) is 0 Å². The van der Waals surface area contributed by atoms with Crippen molar-refractivity contribution in [2.75, 3.05) is 5.43 Å². The van der Waals surface area contributed by atoms with Crippen molar-refractivity contribution in [3.63, 3.8) is 0 Å². The van der Waals surface area contributed by atoms with Gasteiger partial charge in [0.1, 0.15) is 0 Å². The number of hydrogen-bond donors (Lipinski definition) is 2. The molecule has 17 heavy (non-hydrogen) atoms. The fourth-order valence-electron chi connectivity index (χ4n) is 1.53. The third-order valence-electron chi connectivity index (χ3n) is 2.29. The largest absolute Gasteiger partial charge is 0.360 e. The first kappa shape index (κ1) is 11.3. The van der Waals surface area contributed by atoms with E-state index in [0.717, 1.165) is 22.8 Å². The van der Waals surface area contributed by atoms with E-state index in [1.165, 1.54) is 0 Å². The average Bonchev–Trinajstić information content (AvgIpc) is 2.78. The van der Waals surface area contributed by atoms with Crippen molar-refractivity contribution in [2.45, 2.75) is 20.8 Å². The summed E-state index contributed by atoms with van der Waals surface area (Å²) in [5.41, 5.74) is 6.54. The van der Waals surface area contributed by atoms with Crippen LogP contribution >= 0.6 is 0 Å². The van der Waals surface area contributed by atoms with Gasteiger partial charge in [-0.2, -0.15) is 5.10 Å². The molecule has 0 aliphatic carbocycles. The predicted octanol–water partition coefficient (Wildman–Crippen LogP) is 2.26. The van der Waals surface area contributed by atoms with Crippen LogP contribution in [0.1, 0.15) is 24.0 Å². The van der Waals surface area contributed by atoms with Crippen molar-refractivity contribution >= 4 is 11.7 Å². The lowest BCUT2D eigenvalue weighted by molar-refractivity contribution is 1.03. The van der Waals surface area contributed by atoms with E-state index >= 15 is 0 Å². The predicted molar refractivity (Wildman–Crippen MR) is 68.1 cm³/mol. The van der Waals surface area contributed by atoms with Crippen LogP contribution in [-0.4, -0.2) is 20.7 Å². The van der Waals surface area contributed by atoms with E-state index in [0.29, 0.717) is 5.95 Å². The molecular weight excluding hydrogens is 214 g/mol. The number of H-pyrrole nitrogens is 1. The summed E-state index contributed by atoms with van der Waals surface area (Å²) in [4.78, 5) is 11.6. The van der Waals surface area contributed by atoms with Gasteiger partial charge in [0.25, 0.3) is 0 Å². The highest BCUT2D eigenvalue weighted by Gasteiger charge is 1.99. The number of rotatable bonds is 3. The van der Waals surface area contributed by atoms with Crippen LogP contribution in [0.4, 0.5) is 5.95 Å². The number of aromatic amines is 1. The fourth-order valence-corrected chi connectivity index (χ4v) is 1.53. The lowest BCUT2D eigenvalue weighted by Crippen LogP contribution is -2.03. The van der Waals surface area contributed by atoms with Gasteiger partial charge in [-0.3, -0.25) is 0 Å². The Morgan fingerprint density at radius 3 is 2.59 bits per heavy atom. The zero-order valence-electron chi connectivity index (χ0n) is 10.2. The lowest BCUT2D eigenvalue weighted by Gasteiger charge is -2.03. The van der Waals surface area contributed by atoms with E-state index in [4.69, 9.17) is 0 Å². The van der Waals surface area contributed by atoms with Gasteiger partial charge in [0.05, 0.1) is 11.4 Å². The third kappa shape index (κ3) is 2.90. The second kappa shape index (κ2) is 4.78. The van der Waals surface area contributed by atoms with Gasteiger partial charge in [-0.05, 0) is 39.0 Å². The second-order valence-corrected chi connectivity index (χ2v) is 3.87. The minimum absolute atomic E-state index is 0.522. The number of anilines is 1. The van der Waals surface area contributed by atoms with Crippen molar-refractivity contribution in [1.29, 1.82) is 0 Å². The number of hydrazone groups is 1. The Hall–Kier alpha value is -2.17. The highest BCUT2D eigenvalue weighted by atomic mass is 15.4. The van der Waals surface area contributed by atoms with E-state index < -0.39 is 0 Å². The quantitative estimate of drug-likeness (QED) is 0.626. The molecule has 2 aromatic heterocycles. The van der Waals surface area contributed by atoms with Crippen LogP contribution in [0.5, 0.6) is 0 Å². The molecule has 0 radical (unpaired) electrons. The van der Waals surface area contributed by atoms with Gasteiger partial charge in [0.2, 0.25) is 5.95 Å². The first-order chi connectivity index (χ1) is 8.15. The van der Waals surface area contributed by atoms with Crippen LogP contribution in [0.15, 0.2) is 29.5 Å². The van der Waals surface area contributed by atoms with Gasteiger partial charge in [0, 0.05) is 17.6 Å². The molecule has 0 saturated carbocycles. The summed E-state index contributed by atoms with van der Waals surface area (Å²) in [6, 6.07) is 5.82. The summed E-state index contributed by atoms with van der Waals surface area (Å²) in [5.74, 6) is 0.522. The van der Waals surface area contributed by atoms with E-state index in [1.54, 1.807) is 0 Å². The molecule has 0 aromatic carbocycles. The number of aryl methyl sites for hydroxylation is 2. The van der Waals surface area contributed by atoms with Crippen LogP contribution in [-0.2, 0) is 0 Å². The summed E-state index contributed by atoms with van der Waals surface area (Å²) >= 11 is 0. The summed E-state index contributed by atoms with van der Waals surface area (Å²) in [5, 5.41) is 4.23. The molecule has 5 heteroatoms. The first-order valence-corrected chi connectivity index (χ1v) is 5.41. The minimum Gasteiger partial charge on any atom is -0.360 e. The smallest absolute Gasteiger partial charge is 0.243 e. The van der Waals surface area contributed by atoms with Crippen LogP contribution < -0.4 is 5.43 Å². The van der Waals surface area contributed by atoms with E-state index in [1.807, 2.05) is 45.2 Å². The van der Waals surface area contributed by atoms with Gasteiger partial charge >= 0.3 is 0 Å².